The van der Waals surface area contributed by atoms with Crippen LogP contribution in [0.25, 0.3) is 21.5 Å². The van der Waals surface area contributed by atoms with E-state index in [1.165, 1.54) is 18.2 Å². The number of hydrogen-bond donors (Lipinski definition) is 4. The molecule has 11 nitrogen and oxygen atoms in total. The fraction of sp³-hybridized carbons (Fsp3) is 0.0714. The van der Waals surface area contributed by atoms with Gasteiger partial charge in [0.25, 0.3) is 10.1 Å². The van der Waals surface area contributed by atoms with Gasteiger partial charge in [0, 0.05) is 21.8 Å². The second-order valence-corrected chi connectivity index (χ2v) is 10.4. The Morgan fingerprint density at radius 1 is 0.800 bits per heavy atom. The largest absolute Gasteiger partial charge is 0.505 e. The molecule has 0 saturated carbocycles. The van der Waals surface area contributed by atoms with E-state index in [9.17, 15) is 18.1 Å². The normalized spacial score (nSPS) is 12.3. The lowest BCUT2D eigenvalue weighted by atomic mass is 10.0. The summed E-state index contributed by atoms with van der Waals surface area (Å²) in [5.74, 6) is -0.0871. The van der Waals surface area contributed by atoms with Gasteiger partial charge in [0.1, 0.15) is 12.3 Å². The van der Waals surface area contributed by atoms with Gasteiger partial charge in [-0.1, -0.05) is 24.3 Å². The molecule has 0 spiro atoms. The second-order valence-electron chi connectivity index (χ2n) is 9.00. The fourth-order valence-corrected chi connectivity index (χ4v) is 4.73. The highest BCUT2D eigenvalue weighted by atomic mass is 32.2. The fourth-order valence-electron chi connectivity index (χ4n) is 4.23. The van der Waals surface area contributed by atoms with Crippen molar-refractivity contribution in [2.45, 2.75) is 18.4 Å². The summed E-state index contributed by atoms with van der Waals surface area (Å²) in [5.41, 5.74) is 9.25. The van der Waals surface area contributed by atoms with Crippen molar-refractivity contribution in [2.24, 2.45) is 20.5 Å². The predicted molar refractivity (Wildman–Crippen MR) is 151 cm³/mol. The molecule has 40 heavy (non-hydrogen) atoms. The van der Waals surface area contributed by atoms with Crippen molar-refractivity contribution >= 4 is 60.1 Å². The van der Waals surface area contributed by atoms with E-state index in [-0.39, 0.29) is 28.6 Å². The first-order chi connectivity index (χ1) is 19.1. The predicted octanol–water partition coefficient (Wildman–Crippen LogP) is 7.66. The first-order valence-corrected chi connectivity index (χ1v) is 13.3. The zero-order valence-electron chi connectivity index (χ0n) is 21.1. The van der Waals surface area contributed by atoms with Gasteiger partial charge in [-0.15, -0.1) is 15.3 Å². The highest BCUT2D eigenvalue weighted by Gasteiger charge is 2.15. The minimum absolute atomic E-state index is 0.0404. The van der Waals surface area contributed by atoms with Gasteiger partial charge in [0.05, 0.1) is 22.0 Å². The number of aryl methyl sites for hydroxylation is 1. The Morgan fingerprint density at radius 3 is 2.20 bits per heavy atom. The SMILES string of the molecule is Cc1cc2ccc(N)cc2c(O)c1N=Nc1ccc(N=Nc2ccc(COO)cc2)c2ccc(S(=O)(=O)O)cc12. The van der Waals surface area contributed by atoms with Crippen LogP contribution in [0.1, 0.15) is 11.1 Å². The van der Waals surface area contributed by atoms with Crippen molar-refractivity contribution in [3.63, 3.8) is 0 Å². The Kier molecular flexibility index (Phi) is 7.24. The lowest BCUT2D eigenvalue weighted by molar-refractivity contribution is -0.253. The average Bonchev–Trinajstić information content (AvgIpc) is 2.93. The lowest BCUT2D eigenvalue weighted by Crippen LogP contribution is -1.97. The van der Waals surface area contributed by atoms with Crippen molar-refractivity contribution in [2.75, 3.05) is 5.73 Å². The summed E-state index contributed by atoms with van der Waals surface area (Å²) < 4.78 is 33.4. The molecule has 0 radical (unpaired) electrons. The molecule has 0 unspecified atom stereocenters. The summed E-state index contributed by atoms with van der Waals surface area (Å²) in [4.78, 5) is 3.80. The van der Waals surface area contributed by atoms with Gasteiger partial charge in [0.2, 0.25) is 0 Å². The first kappa shape index (κ1) is 26.8. The van der Waals surface area contributed by atoms with Crippen LogP contribution in [0.2, 0.25) is 0 Å². The van der Waals surface area contributed by atoms with E-state index in [1.807, 2.05) is 6.07 Å². The lowest BCUT2D eigenvalue weighted by Gasteiger charge is -2.09. The molecule has 0 saturated heterocycles. The maximum Gasteiger partial charge on any atom is 0.294 e. The van der Waals surface area contributed by atoms with Crippen molar-refractivity contribution < 1.29 is 28.2 Å². The summed E-state index contributed by atoms with van der Waals surface area (Å²) >= 11 is 0. The zero-order chi connectivity index (χ0) is 28.4. The van der Waals surface area contributed by atoms with Crippen LogP contribution in [0.4, 0.5) is 28.4 Å². The summed E-state index contributed by atoms with van der Waals surface area (Å²) in [6.45, 7) is 1.82. The summed E-state index contributed by atoms with van der Waals surface area (Å²) in [6.07, 6.45) is 0. The van der Waals surface area contributed by atoms with E-state index < -0.39 is 10.1 Å². The van der Waals surface area contributed by atoms with Crippen LogP contribution >= 0.6 is 0 Å². The van der Waals surface area contributed by atoms with Gasteiger partial charge in [-0.3, -0.25) is 9.81 Å². The molecule has 5 N–H and O–H groups in total. The van der Waals surface area contributed by atoms with Crippen LogP contribution in [0, 0.1) is 6.92 Å². The monoisotopic (exact) mass is 557 g/mol. The Bertz CT molecular complexity index is 1920. The van der Waals surface area contributed by atoms with E-state index in [1.54, 1.807) is 61.5 Å². The third kappa shape index (κ3) is 5.51. The standard InChI is InChI=1S/C28H23N5O6S/c1-16-12-18-4-5-19(29)13-23(18)28(34)27(16)33-32-26-11-10-25(22-9-8-21(14-24(22)26)40(36,37)38)31-30-20-6-2-17(3-7-20)15-39-35/h2-14,34-35H,15,29H2,1H3,(H,36,37,38). The van der Waals surface area contributed by atoms with Crippen LogP contribution in [0.5, 0.6) is 5.75 Å². The number of phenols is 1. The summed E-state index contributed by atoms with van der Waals surface area (Å²) in [7, 11) is -4.50. The van der Waals surface area contributed by atoms with Gasteiger partial charge in [0.15, 0.2) is 5.75 Å². The number of rotatable bonds is 7. The number of phenolic OH excluding ortho intramolecular Hbond substituents is 1. The number of nitrogens with two attached hydrogens (primary N) is 1. The number of nitrogen functional groups attached to an aromatic ring is 1. The second kappa shape index (κ2) is 10.8. The maximum absolute atomic E-state index is 11.9. The van der Waals surface area contributed by atoms with Gasteiger partial charge >= 0.3 is 0 Å². The van der Waals surface area contributed by atoms with Gasteiger partial charge in [-0.05, 0) is 78.0 Å². The van der Waals surface area contributed by atoms with E-state index >= 15 is 0 Å². The first-order valence-electron chi connectivity index (χ1n) is 11.9. The number of aromatic hydroxyl groups is 1. The third-order valence-electron chi connectivity index (χ3n) is 6.24. The molecule has 0 atom stereocenters. The number of hydrogen-bond acceptors (Lipinski definition) is 10. The molecule has 0 fully saturated rings. The number of anilines is 1. The van der Waals surface area contributed by atoms with Gasteiger partial charge < -0.3 is 10.8 Å². The molecule has 0 aromatic heterocycles. The molecule has 5 aromatic carbocycles. The van der Waals surface area contributed by atoms with Gasteiger partial charge in [-0.25, -0.2) is 4.89 Å². The molecule has 5 aromatic rings. The van der Waals surface area contributed by atoms with Crippen molar-refractivity contribution in [3.05, 3.63) is 90.0 Å². The van der Waals surface area contributed by atoms with Gasteiger partial charge in [-0.2, -0.15) is 13.5 Å². The highest BCUT2D eigenvalue weighted by molar-refractivity contribution is 7.85. The summed E-state index contributed by atoms with van der Waals surface area (Å²) in [5, 5.41) is 38.8. The Labute approximate surface area is 228 Å². The molecule has 0 aliphatic heterocycles. The molecule has 0 heterocycles. The van der Waals surface area contributed by atoms with Crippen molar-refractivity contribution in [1.82, 2.24) is 0 Å². The quantitative estimate of drug-likeness (QED) is 0.0521. The molecule has 202 valence electrons. The zero-order valence-corrected chi connectivity index (χ0v) is 21.9. The molecule has 0 aliphatic carbocycles. The molecule has 0 aliphatic rings. The molecule has 0 amide bonds. The van der Waals surface area contributed by atoms with E-state index in [2.05, 4.69) is 25.3 Å². The number of fused-ring (bicyclic) bond motifs is 2. The Balaban J connectivity index is 1.59. The Morgan fingerprint density at radius 2 is 1.50 bits per heavy atom. The van der Waals surface area contributed by atoms with Crippen molar-refractivity contribution in [3.8, 4) is 5.75 Å². The molecule has 5 rings (SSSR count). The Hall–Kier alpha value is -4.75. The topological polar surface area (TPSA) is 180 Å². The minimum Gasteiger partial charge on any atom is -0.505 e. The molecular formula is C28H23N5O6S. The maximum atomic E-state index is 11.9. The molecule has 0 bridgehead atoms. The van der Waals surface area contributed by atoms with E-state index in [4.69, 9.17) is 11.0 Å². The van der Waals surface area contributed by atoms with Crippen molar-refractivity contribution in [1.29, 1.82) is 0 Å². The molecule has 12 heteroatoms. The summed E-state index contributed by atoms with van der Waals surface area (Å²) in [6, 6.07) is 21.1. The van der Waals surface area contributed by atoms with Crippen LogP contribution < -0.4 is 5.73 Å². The van der Waals surface area contributed by atoms with Crippen LogP contribution in [0.3, 0.4) is 0 Å². The van der Waals surface area contributed by atoms with Crippen LogP contribution in [0.15, 0.2) is 104 Å². The highest BCUT2D eigenvalue weighted by Crippen LogP contribution is 2.41. The third-order valence-corrected chi connectivity index (χ3v) is 7.09. The molecular weight excluding hydrogens is 534 g/mol. The number of azo groups is 2. The minimum atomic E-state index is -4.50. The van der Waals surface area contributed by atoms with E-state index in [0.29, 0.717) is 38.8 Å². The number of nitrogens with zero attached hydrogens (tertiary/aromatic N) is 4. The van der Waals surface area contributed by atoms with Crippen LogP contribution in [-0.2, 0) is 21.6 Å². The smallest absolute Gasteiger partial charge is 0.294 e. The van der Waals surface area contributed by atoms with E-state index in [0.717, 1.165) is 10.9 Å². The van der Waals surface area contributed by atoms with Crippen LogP contribution in [-0.4, -0.2) is 23.3 Å². The number of benzene rings is 5. The average molecular weight is 558 g/mol.